The van der Waals surface area contributed by atoms with Crippen LogP contribution >= 0.6 is 0 Å². The summed E-state index contributed by atoms with van der Waals surface area (Å²) in [6.45, 7) is 18.5. The van der Waals surface area contributed by atoms with Crippen LogP contribution in [0.25, 0.3) is 0 Å². The van der Waals surface area contributed by atoms with Crippen molar-refractivity contribution >= 4 is 23.4 Å². The van der Waals surface area contributed by atoms with E-state index >= 15 is 4.79 Å². The van der Waals surface area contributed by atoms with Gasteiger partial charge in [0.15, 0.2) is 0 Å². The lowest BCUT2D eigenvalue weighted by molar-refractivity contribution is -0.154. The number of hydrogen-bond donors (Lipinski definition) is 1. The van der Waals surface area contributed by atoms with Crippen molar-refractivity contribution in [2.24, 2.45) is 17.8 Å². The number of benzene rings is 2. The Bertz CT molecular complexity index is 1490. The summed E-state index contributed by atoms with van der Waals surface area (Å²) in [5, 5.41) is 10.8. The van der Waals surface area contributed by atoms with Crippen LogP contribution in [-0.2, 0) is 25.7 Å². The topological polar surface area (TPSA) is 90.4 Å². The average Bonchev–Trinajstić information content (AvgIpc) is 3.66. The highest BCUT2D eigenvalue weighted by Gasteiger charge is 2.79. The fourth-order valence-electron chi connectivity index (χ4n) is 8.71. The van der Waals surface area contributed by atoms with Crippen molar-refractivity contribution in [3.05, 3.63) is 90.5 Å². The monoisotopic (exact) mass is 641 g/mol. The summed E-state index contributed by atoms with van der Waals surface area (Å²) >= 11 is 0. The summed E-state index contributed by atoms with van der Waals surface area (Å²) in [4.78, 5) is 50.0. The van der Waals surface area contributed by atoms with Gasteiger partial charge in [-0.15, -0.1) is 13.2 Å². The van der Waals surface area contributed by atoms with E-state index in [1.54, 1.807) is 26.9 Å². The normalized spacial score (nSPS) is 26.7. The number of hydrogen-bond acceptors (Lipinski definition) is 5. The lowest BCUT2D eigenvalue weighted by atomic mass is 9.64. The van der Waals surface area contributed by atoms with Crippen LogP contribution in [0.15, 0.2) is 73.8 Å². The van der Waals surface area contributed by atoms with Crippen LogP contribution in [0.1, 0.15) is 63.1 Å². The molecule has 0 aliphatic carbocycles. The quantitative estimate of drug-likeness (QED) is 0.272. The van der Waals surface area contributed by atoms with Crippen LogP contribution in [0.3, 0.4) is 0 Å². The van der Waals surface area contributed by atoms with Gasteiger partial charge in [-0.05, 0) is 62.1 Å². The molecule has 3 saturated heterocycles. The van der Waals surface area contributed by atoms with E-state index in [1.165, 1.54) is 0 Å². The SMILES string of the molecule is C=CCN(Cc1ccccc1)C(=O)[C@H]1[C@H]2C(=O)N([C@@H](CO)CC(C)C)C(C(=O)N(CC=C)c3c(C)cccc3C)C23CC[C@]1(CC)O3. The number of amides is 3. The van der Waals surface area contributed by atoms with Gasteiger partial charge in [-0.2, -0.15) is 0 Å². The summed E-state index contributed by atoms with van der Waals surface area (Å²) in [7, 11) is 0. The fourth-order valence-corrected chi connectivity index (χ4v) is 8.71. The molecule has 0 saturated carbocycles. The second-order valence-corrected chi connectivity index (χ2v) is 14.0. The second kappa shape index (κ2) is 13.8. The predicted octanol–water partition coefficient (Wildman–Crippen LogP) is 5.60. The van der Waals surface area contributed by atoms with E-state index in [1.807, 2.05) is 83.1 Å². The van der Waals surface area contributed by atoms with Crippen molar-refractivity contribution in [1.29, 1.82) is 0 Å². The minimum absolute atomic E-state index is 0.155. The molecule has 6 atom stereocenters. The van der Waals surface area contributed by atoms with E-state index in [0.29, 0.717) is 38.8 Å². The van der Waals surface area contributed by atoms with E-state index in [9.17, 15) is 14.7 Å². The molecule has 8 heteroatoms. The average molecular weight is 642 g/mol. The molecule has 1 N–H and O–H groups in total. The first-order valence-electron chi connectivity index (χ1n) is 17.1. The summed E-state index contributed by atoms with van der Waals surface area (Å²) < 4.78 is 7.10. The molecule has 2 unspecified atom stereocenters. The molecule has 3 amide bonds. The standard InChI is InChI=1S/C39H51N3O5/c1-8-21-40(24-29-17-12-11-13-18-29)35(44)31-32-36(45)42(30(25-43)23-26(4)5)34(39(32)20-19-38(31,10-3)47-39)37(46)41(22-9-2)33-27(6)15-14-16-28(33)7/h8-9,11-18,26,30-32,34,43H,1-2,10,19-25H2,3-7H3/t30-,31-,32+,34?,38+,39?/m1/s1. The molecular weight excluding hydrogens is 590 g/mol. The Morgan fingerprint density at radius 1 is 1.02 bits per heavy atom. The maximum absolute atomic E-state index is 15.2. The minimum atomic E-state index is -1.21. The number of nitrogens with zero attached hydrogens (tertiary/aromatic N) is 3. The van der Waals surface area contributed by atoms with Gasteiger partial charge in [-0.1, -0.05) is 81.5 Å². The van der Waals surface area contributed by atoms with Crippen molar-refractivity contribution in [3.63, 3.8) is 0 Å². The molecule has 2 aromatic carbocycles. The highest BCUT2D eigenvalue weighted by molar-refractivity contribution is 6.06. The molecular formula is C39H51N3O5. The first kappa shape index (κ1) is 34.6. The van der Waals surface area contributed by atoms with Gasteiger partial charge >= 0.3 is 0 Å². The van der Waals surface area contributed by atoms with Crippen molar-refractivity contribution in [1.82, 2.24) is 9.80 Å². The summed E-state index contributed by atoms with van der Waals surface area (Å²) in [5.74, 6) is -2.19. The number of aryl methyl sites for hydroxylation is 2. The number of fused-ring (bicyclic) bond motifs is 1. The molecule has 0 radical (unpaired) electrons. The third-order valence-corrected chi connectivity index (χ3v) is 10.6. The Hall–Kier alpha value is -3.75. The smallest absolute Gasteiger partial charge is 0.253 e. The number of ether oxygens (including phenoxy) is 1. The molecule has 3 heterocycles. The Morgan fingerprint density at radius 3 is 2.26 bits per heavy atom. The van der Waals surface area contributed by atoms with Gasteiger partial charge in [-0.25, -0.2) is 0 Å². The molecule has 252 valence electrons. The second-order valence-electron chi connectivity index (χ2n) is 14.0. The van der Waals surface area contributed by atoms with Gasteiger partial charge in [-0.3, -0.25) is 14.4 Å². The Morgan fingerprint density at radius 2 is 1.68 bits per heavy atom. The molecule has 47 heavy (non-hydrogen) atoms. The van der Waals surface area contributed by atoms with Crippen LogP contribution in [0.2, 0.25) is 0 Å². The molecule has 3 aliphatic rings. The molecule has 2 bridgehead atoms. The highest BCUT2D eigenvalue weighted by atomic mass is 16.5. The van der Waals surface area contributed by atoms with Crippen LogP contribution in [0.5, 0.6) is 0 Å². The van der Waals surface area contributed by atoms with Gasteiger partial charge in [0.1, 0.15) is 11.6 Å². The Labute approximate surface area is 280 Å². The number of likely N-dealkylation sites (tertiary alicyclic amines) is 1. The van der Waals surface area contributed by atoms with Crippen LogP contribution in [0.4, 0.5) is 5.69 Å². The molecule has 3 fully saturated rings. The maximum Gasteiger partial charge on any atom is 0.253 e. The largest absolute Gasteiger partial charge is 0.394 e. The predicted molar refractivity (Wildman–Crippen MR) is 185 cm³/mol. The van der Waals surface area contributed by atoms with Crippen LogP contribution < -0.4 is 4.90 Å². The number of anilines is 1. The lowest BCUT2D eigenvalue weighted by Gasteiger charge is -2.40. The molecule has 5 rings (SSSR count). The van der Waals surface area contributed by atoms with Crippen LogP contribution in [0, 0.1) is 31.6 Å². The zero-order valence-corrected chi connectivity index (χ0v) is 28.7. The minimum Gasteiger partial charge on any atom is -0.394 e. The van der Waals surface area contributed by atoms with Gasteiger partial charge in [0.05, 0.1) is 30.1 Å². The number of aliphatic hydroxyl groups excluding tert-OH is 1. The van der Waals surface area contributed by atoms with Crippen molar-refractivity contribution in [2.75, 3.05) is 24.6 Å². The van der Waals surface area contributed by atoms with Crippen molar-refractivity contribution in [2.45, 2.75) is 90.1 Å². The fraction of sp³-hybridized carbons (Fsp3) is 0.513. The first-order chi connectivity index (χ1) is 22.5. The van der Waals surface area contributed by atoms with Gasteiger partial charge in [0.25, 0.3) is 5.91 Å². The number of rotatable bonds is 14. The van der Waals surface area contributed by atoms with Crippen molar-refractivity contribution in [3.8, 4) is 0 Å². The molecule has 8 nitrogen and oxygen atoms in total. The zero-order valence-electron chi connectivity index (χ0n) is 28.7. The van der Waals surface area contributed by atoms with Gasteiger partial charge in [0, 0.05) is 25.3 Å². The third kappa shape index (κ3) is 5.84. The van der Waals surface area contributed by atoms with Crippen LogP contribution in [-0.4, -0.2) is 75.6 Å². The third-order valence-electron chi connectivity index (χ3n) is 10.6. The Balaban J connectivity index is 1.65. The van der Waals surface area contributed by atoms with E-state index in [2.05, 4.69) is 13.2 Å². The first-order valence-corrected chi connectivity index (χ1v) is 17.1. The number of carbonyl (C=O) groups excluding carboxylic acids is 3. The zero-order chi connectivity index (χ0) is 34.1. The van der Waals surface area contributed by atoms with Gasteiger partial charge in [0.2, 0.25) is 11.8 Å². The molecule has 0 aromatic heterocycles. The number of aliphatic hydroxyl groups is 1. The molecule has 1 spiro atoms. The number of para-hydroxylation sites is 1. The lowest BCUT2D eigenvalue weighted by Crippen LogP contribution is -2.59. The molecule has 2 aromatic rings. The summed E-state index contributed by atoms with van der Waals surface area (Å²) in [5.41, 5.74) is 1.53. The van der Waals surface area contributed by atoms with E-state index in [-0.39, 0.29) is 36.8 Å². The van der Waals surface area contributed by atoms with Gasteiger partial charge < -0.3 is 24.5 Å². The summed E-state index contributed by atoms with van der Waals surface area (Å²) in [6.07, 6.45) is 5.48. The highest BCUT2D eigenvalue weighted by Crippen LogP contribution is 2.65. The van der Waals surface area contributed by atoms with E-state index in [4.69, 9.17) is 4.74 Å². The van der Waals surface area contributed by atoms with Crippen molar-refractivity contribution < 1.29 is 24.2 Å². The maximum atomic E-state index is 15.2. The summed E-state index contributed by atoms with van der Waals surface area (Å²) in [6, 6.07) is 14.1. The van der Waals surface area contributed by atoms with E-state index < -0.39 is 35.1 Å². The van der Waals surface area contributed by atoms with E-state index in [0.717, 1.165) is 22.4 Å². The Kier molecular flexibility index (Phi) is 10.1. The number of carbonyl (C=O) groups is 3. The molecule has 3 aliphatic heterocycles.